The fourth-order valence-electron chi connectivity index (χ4n) is 1.58. The number of hydrogen-bond donors (Lipinski definition) is 1. The van der Waals surface area contributed by atoms with E-state index in [1.807, 2.05) is 24.3 Å². The number of thiazole rings is 1. The Kier molecular flexibility index (Phi) is 2.23. The highest BCUT2D eigenvalue weighted by atomic mass is 32.1. The molecule has 0 saturated heterocycles. The van der Waals surface area contributed by atoms with Gasteiger partial charge in [0, 0.05) is 0 Å². The Labute approximate surface area is 96.0 Å². The van der Waals surface area contributed by atoms with E-state index in [0.717, 1.165) is 10.2 Å². The molecule has 0 amide bonds. The Morgan fingerprint density at radius 3 is 2.81 bits per heavy atom. The molecule has 0 unspecified atom stereocenters. The van der Waals surface area contributed by atoms with Crippen molar-refractivity contribution >= 4 is 21.6 Å². The summed E-state index contributed by atoms with van der Waals surface area (Å²) < 4.78 is 6.23. The first kappa shape index (κ1) is 9.57. The van der Waals surface area contributed by atoms with Crippen molar-refractivity contribution in [3.63, 3.8) is 0 Å². The molecule has 0 aliphatic heterocycles. The van der Waals surface area contributed by atoms with Crippen LogP contribution in [0.1, 0.15) is 16.9 Å². The SMILES string of the molecule is O[C@H](c1ccco1)c1nc2ccccc2s1. The van der Waals surface area contributed by atoms with Crippen LogP contribution >= 0.6 is 11.3 Å². The molecule has 3 rings (SSSR count). The lowest BCUT2D eigenvalue weighted by atomic mass is 10.3. The van der Waals surface area contributed by atoms with Gasteiger partial charge in [0.05, 0.1) is 16.5 Å². The monoisotopic (exact) mass is 231 g/mol. The number of rotatable bonds is 2. The van der Waals surface area contributed by atoms with Crippen LogP contribution in [0.2, 0.25) is 0 Å². The highest BCUT2D eigenvalue weighted by Crippen LogP contribution is 2.29. The van der Waals surface area contributed by atoms with E-state index in [-0.39, 0.29) is 0 Å². The van der Waals surface area contributed by atoms with Gasteiger partial charge in [-0.2, -0.15) is 0 Å². The predicted octanol–water partition coefficient (Wildman–Crippen LogP) is 2.97. The molecule has 80 valence electrons. The predicted molar refractivity (Wildman–Crippen MR) is 62.4 cm³/mol. The van der Waals surface area contributed by atoms with E-state index >= 15 is 0 Å². The van der Waals surface area contributed by atoms with E-state index in [9.17, 15) is 5.11 Å². The second kappa shape index (κ2) is 3.73. The summed E-state index contributed by atoms with van der Waals surface area (Å²) >= 11 is 1.48. The van der Waals surface area contributed by atoms with E-state index in [1.165, 1.54) is 11.3 Å². The molecule has 1 atom stereocenters. The number of benzene rings is 1. The third kappa shape index (κ3) is 1.52. The molecular formula is C12H9NO2S. The normalized spacial score (nSPS) is 13.1. The number of para-hydroxylation sites is 1. The van der Waals surface area contributed by atoms with Gasteiger partial charge in [0.25, 0.3) is 0 Å². The van der Waals surface area contributed by atoms with Crippen LogP contribution in [0, 0.1) is 0 Å². The molecule has 0 aliphatic carbocycles. The molecule has 2 aromatic heterocycles. The van der Waals surface area contributed by atoms with Crippen molar-refractivity contribution < 1.29 is 9.52 Å². The maximum atomic E-state index is 10.0. The van der Waals surface area contributed by atoms with E-state index < -0.39 is 6.10 Å². The summed E-state index contributed by atoms with van der Waals surface area (Å²) in [7, 11) is 0. The third-order valence-electron chi connectivity index (χ3n) is 2.36. The summed E-state index contributed by atoms with van der Waals surface area (Å²) in [6, 6.07) is 11.3. The topological polar surface area (TPSA) is 46.3 Å². The lowest BCUT2D eigenvalue weighted by Gasteiger charge is -2.01. The molecule has 0 radical (unpaired) electrons. The van der Waals surface area contributed by atoms with Gasteiger partial charge in [0.1, 0.15) is 10.8 Å². The van der Waals surface area contributed by atoms with Crippen LogP contribution < -0.4 is 0 Å². The molecule has 0 spiro atoms. The maximum absolute atomic E-state index is 10.0. The highest BCUT2D eigenvalue weighted by Gasteiger charge is 2.17. The summed E-state index contributed by atoms with van der Waals surface area (Å²) in [5.74, 6) is 0.527. The summed E-state index contributed by atoms with van der Waals surface area (Å²) in [6.45, 7) is 0. The molecule has 3 aromatic rings. The van der Waals surface area contributed by atoms with E-state index in [0.29, 0.717) is 10.8 Å². The molecule has 16 heavy (non-hydrogen) atoms. The molecule has 3 nitrogen and oxygen atoms in total. The van der Waals surface area contributed by atoms with Gasteiger partial charge in [0.15, 0.2) is 6.10 Å². The minimum Gasteiger partial charge on any atom is -0.466 e. The molecule has 0 saturated carbocycles. The average molecular weight is 231 g/mol. The summed E-state index contributed by atoms with van der Waals surface area (Å²) in [5.41, 5.74) is 0.910. The van der Waals surface area contributed by atoms with Crippen LogP contribution in [-0.4, -0.2) is 10.1 Å². The first-order chi connectivity index (χ1) is 7.84. The molecule has 4 heteroatoms. The number of aromatic nitrogens is 1. The molecule has 0 aliphatic rings. The van der Waals surface area contributed by atoms with Crippen molar-refractivity contribution in [1.29, 1.82) is 0 Å². The second-order valence-corrected chi connectivity index (χ2v) is 4.50. The molecular weight excluding hydrogens is 222 g/mol. The summed E-state index contributed by atoms with van der Waals surface area (Å²) in [5, 5.41) is 10.7. The first-order valence-electron chi connectivity index (χ1n) is 4.91. The number of aliphatic hydroxyl groups is 1. The van der Waals surface area contributed by atoms with E-state index in [1.54, 1.807) is 18.4 Å². The summed E-state index contributed by atoms with van der Waals surface area (Å²) in [6.07, 6.45) is 0.777. The van der Waals surface area contributed by atoms with Gasteiger partial charge in [-0.25, -0.2) is 4.98 Å². The Morgan fingerprint density at radius 1 is 1.19 bits per heavy atom. The van der Waals surface area contributed by atoms with Crippen molar-refractivity contribution in [2.45, 2.75) is 6.10 Å². The first-order valence-corrected chi connectivity index (χ1v) is 5.73. The van der Waals surface area contributed by atoms with Crippen molar-refractivity contribution in [2.24, 2.45) is 0 Å². The van der Waals surface area contributed by atoms with Crippen LogP contribution in [0.25, 0.3) is 10.2 Å². The fraction of sp³-hybridized carbons (Fsp3) is 0.0833. The van der Waals surface area contributed by atoms with Crippen LogP contribution in [0.15, 0.2) is 47.1 Å². The van der Waals surface area contributed by atoms with Crippen molar-refractivity contribution in [3.8, 4) is 0 Å². The largest absolute Gasteiger partial charge is 0.466 e. The van der Waals surface area contributed by atoms with Gasteiger partial charge >= 0.3 is 0 Å². The molecule has 0 fully saturated rings. The third-order valence-corrected chi connectivity index (χ3v) is 3.45. The number of hydrogen-bond acceptors (Lipinski definition) is 4. The summed E-state index contributed by atoms with van der Waals surface area (Å²) in [4.78, 5) is 4.38. The van der Waals surface area contributed by atoms with Crippen LogP contribution in [0.3, 0.4) is 0 Å². The van der Waals surface area contributed by atoms with Gasteiger partial charge in [-0.3, -0.25) is 0 Å². The Hall–Kier alpha value is -1.65. The van der Waals surface area contributed by atoms with Gasteiger partial charge in [0.2, 0.25) is 0 Å². The smallest absolute Gasteiger partial charge is 0.163 e. The van der Waals surface area contributed by atoms with E-state index in [2.05, 4.69) is 4.98 Å². The standard InChI is InChI=1S/C12H9NO2S/c14-11(9-5-3-7-15-9)12-13-8-4-1-2-6-10(8)16-12/h1-7,11,14H/t11-/m1/s1. The fourth-order valence-corrected chi connectivity index (χ4v) is 2.54. The Bertz CT molecular complexity index is 567. The molecule has 1 aromatic carbocycles. The van der Waals surface area contributed by atoms with Gasteiger partial charge in [-0.1, -0.05) is 12.1 Å². The van der Waals surface area contributed by atoms with E-state index in [4.69, 9.17) is 4.42 Å². The zero-order chi connectivity index (χ0) is 11.0. The average Bonchev–Trinajstić information content (AvgIpc) is 2.97. The minimum atomic E-state index is -0.771. The molecule has 0 bridgehead atoms. The zero-order valence-electron chi connectivity index (χ0n) is 8.33. The lowest BCUT2D eigenvalue weighted by Crippen LogP contribution is -1.96. The van der Waals surface area contributed by atoms with Crippen molar-refractivity contribution in [2.75, 3.05) is 0 Å². The molecule has 1 N–H and O–H groups in total. The number of nitrogens with zero attached hydrogens (tertiary/aromatic N) is 1. The lowest BCUT2D eigenvalue weighted by molar-refractivity contribution is 0.189. The highest BCUT2D eigenvalue weighted by molar-refractivity contribution is 7.18. The number of fused-ring (bicyclic) bond motifs is 1. The Morgan fingerprint density at radius 2 is 2.06 bits per heavy atom. The second-order valence-electron chi connectivity index (χ2n) is 3.44. The van der Waals surface area contributed by atoms with Crippen LogP contribution in [0.5, 0.6) is 0 Å². The van der Waals surface area contributed by atoms with Crippen LogP contribution in [0.4, 0.5) is 0 Å². The van der Waals surface area contributed by atoms with Gasteiger partial charge < -0.3 is 9.52 Å². The van der Waals surface area contributed by atoms with Crippen molar-refractivity contribution in [1.82, 2.24) is 4.98 Å². The van der Waals surface area contributed by atoms with Crippen LogP contribution in [-0.2, 0) is 0 Å². The maximum Gasteiger partial charge on any atom is 0.163 e. The Balaban J connectivity index is 2.06. The molecule has 2 heterocycles. The zero-order valence-corrected chi connectivity index (χ0v) is 9.15. The number of aliphatic hydroxyl groups excluding tert-OH is 1. The number of furan rings is 1. The van der Waals surface area contributed by atoms with Gasteiger partial charge in [-0.15, -0.1) is 11.3 Å². The van der Waals surface area contributed by atoms with Crippen molar-refractivity contribution in [3.05, 3.63) is 53.4 Å². The minimum absolute atomic E-state index is 0.527. The quantitative estimate of drug-likeness (QED) is 0.737. The van der Waals surface area contributed by atoms with Gasteiger partial charge in [-0.05, 0) is 24.3 Å².